The minimum atomic E-state index is -0.0469. The molecule has 118 valence electrons. The summed E-state index contributed by atoms with van der Waals surface area (Å²) >= 11 is 0. The highest BCUT2D eigenvalue weighted by Gasteiger charge is 2.28. The van der Waals surface area contributed by atoms with Crippen LogP contribution in [0.15, 0.2) is 12.1 Å². The van der Waals surface area contributed by atoms with Crippen LogP contribution in [0.1, 0.15) is 83.5 Å². The number of hydrogen-bond acceptors (Lipinski definition) is 2. The average Bonchev–Trinajstić information content (AvgIpc) is 2.37. The fraction of sp³-hybridized carbons (Fsp3) is 0.684. The molecule has 2 heteroatoms. The van der Waals surface area contributed by atoms with Crippen molar-refractivity contribution in [3.05, 3.63) is 28.8 Å². The molecule has 21 heavy (non-hydrogen) atoms. The Bertz CT molecular complexity index is 500. The van der Waals surface area contributed by atoms with Crippen molar-refractivity contribution in [1.29, 1.82) is 0 Å². The highest BCUT2D eigenvalue weighted by atomic mass is 16.3. The Morgan fingerprint density at radius 1 is 1.00 bits per heavy atom. The lowest BCUT2D eigenvalue weighted by Gasteiger charge is -2.31. The lowest BCUT2D eigenvalue weighted by Crippen LogP contribution is -2.28. The molecule has 0 unspecified atom stereocenters. The number of rotatable bonds is 1. The Morgan fingerprint density at radius 2 is 1.67 bits per heavy atom. The van der Waals surface area contributed by atoms with Gasteiger partial charge in [0.25, 0.3) is 0 Å². The van der Waals surface area contributed by atoms with Gasteiger partial charge in [-0.3, -0.25) is 0 Å². The van der Waals surface area contributed by atoms with Gasteiger partial charge >= 0.3 is 0 Å². The van der Waals surface area contributed by atoms with Gasteiger partial charge in [-0.25, -0.2) is 0 Å². The van der Waals surface area contributed by atoms with E-state index in [0.29, 0.717) is 11.8 Å². The number of piperidine rings is 1. The molecule has 1 fully saturated rings. The molecule has 0 aliphatic carbocycles. The van der Waals surface area contributed by atoms with E-state index in [4.69, 9.17) is 0 Å². The van der Waals surface area contributed by atoms with Crippen molar-refractivity contribution < 1.29 is 5.11 Å². The van der Waals surface area contributed by atoms with E-state index in [1.165, 1.54) is 18.4 Å². The van der Waals surface area contributed by atoms with E-state index < -0.39 is 0 Å². The van der Waals surface area contributed by atoms with Gasteiger partial charge < -0.3 is 10.4 Å². The maximum Gasteiger partial charge on any atom is 0.124 e. The van der Waals surface area contributed by atoms with Gasteiger partial charge in [0.1, 0.15) is 5.75 Å². The molecule has 0 aromatic heterocycles. The predicted molar refractivity (Wildman–Crippen MR) is 90.1 cm³/mol. The maximum atomic E-state index is 10.8. The molecule has 2 N–H and O–H groups in total. The van der Waals surface area contributed by atoms with Gasteiger partial charge in [0.15, 0.2) is 0 Å². The van der Waals surface area contributed by atoms with Gasteiger partial charge in [-0.05, 0) is 47.4 Å². The van der Waals surface area contributed by atoms with Gasteiger partial charge in [0, 0.05) is 11.6 Å². The van der Waals surface area contributed by atoms with Crippen LogP contribution in [-0.2, 0) is 10.8 Å². The summed E-state index contributed by atoms with van der Waals surface area (Å²) in [5.74, 6) is 0.495. The summed E-state index contributed by atoms with van der Waals surface area (Å²) < 4.78 is 0. The summed E-state index contributed by atoms with van der Waals surface area (Å²) in [5, 5.41) is 14.4. The Labute approximate surface area is 130 Å². The van der Waals surface area contributed by atoms with Crippen LogP contribution in [0.5, 0.6) is 5.75 Å². The second-order valence-electron chi connectivity index (χ2n) is 8.46. The van der Waals surface area contributed by atoms with E-state index in [9.17, 15) is 5.11 Å². The van der Waals surface area contributed by atoms with Gasteiger partial charge in [-0.2, -0.15) is 0 Å². The molecular formula is C19H31NO. The minimum absolute atomic E-state index is 0.0469. The molecular weight excluding hydrogens is 258 g/mol. The number of nitrogens with one attached hydrogen (secondary N) is 1. The summed E-state index contributed by atoms with van der Waals surface area (Å²) in [6, 6.07) is 4.71. The first-order valence-corrected chi connectivity index (χ1v) is 8.22. The highest BCUT2D eigenvalue weighted by Crippen LogP contribution is 2.41. The normalized spacial score (nSPS) is 20.6. The third kappa shape index (κ3) is 3.60. The molecule has 0 spiro atoms. The van der Waals surface area contributed by atoms with Crippen LogP contribution < -0.4 is 5.32 Å². The Morgan fingerprint density at radius 3 is 2.14 bits per heavy atom. The van der Waals surface area contributed by atoms with E-state index in [1.807, 2.05) is 0 Å². The number of phenolic OH excluding ortho intramolecular Hbond substituents is 1. The highest BCUT2D eigenvalue weighted by molar-refractivity contribution is 5.50. The molecule has 1 atom stereocenters. The first-order chi connectivity index (χ1) is 9.60. The quantitative estimate of drug-likeness (QED) is 0.778. The summed E-state index contributed by atoms with van der Waals surface area (Å²) in [6.07, 6.45) is 3.59. The van der Waals surface area contributed by atoms with Crippen LogP contribution in [0.25, 0.3) is 0 Å². The molecule has 1 aliphatic rings. The zero-order valence-corrected chi connectivity index (χ0v) is 14.5. The van der Waals surface area contributed by atoms with E-state index in [2.05, 4.69) is 59.0 Å². The third-order valence-electron chi connectivity index (χ3n) is 4.50. The number of phenols is 1. The average molecular weight is 289 g/mol. The Balaban J connectivity index is 2.57. The van der Waals surface area contributed by atoms with Gasteiger partial charge in [-0.15, -0.1) is 0 Å². The number of benzene rings is 1. The standard InChI is InChI=1S/C19H31NO/c1-18(2,3)13-11-14(16-9-7-8-10-20-16)17(21)15(12-13)19(4,5)6/h11-12,16,20-21H,7-10H2,1-6H3/t16-/m1/s1. The topological polar surface area (TPSA) is 32.3 Å². The SMILES string of the molecule is CC(C)(C)c1cc([C@H]2CCCCN2)c(O)c(C(C)(C)C)c1. The molecule has 2 nitrogen and oxygen atoms in total. The lowest BCUT2D eigenvalue weighted by molar-refractivity contribution is 0.382. The second-order valence-corrected chi connectivity index (χ2v) is 8.46. The van der Waals surface area contributed by atoms with Crippen molar-refractivity contribution in [3.63, 3.8) is 0 Å². The second kappa shape index (κ2) is 5.64. The van der Waals surface area contributed by atoms with Crippen molar-refractivity contribution in [1.82, 2.24) is 5.32 Å². The monoisotopic (exact) mass is 289 g/mol. The summed E-state index contributed by atoms with van der Waals surface area (Å²) in [5.41, 5.74) is 3.52. The molecule has 0 bridgehead atoms. The number of hydrogen-bond donors (Lipinski definition) is 2. The molecule has 1 aliphatic heterocycles. The summed E-state index contributed by atoms with van der Waals surface area (Å²) in [6.45, 7) is 14.3. The van der Waals surface area contributed by atoms with Crippen molar-refractivity contribution in [2.24, 2.45) is 0 Å². The maximum absolute atomic E-state index is 10.8. The molecule has 0 saturated carbocycles. The first kappa shape index (κ1) is 16.4. The molecule has 1 heterocycles. The summed E-state index contributed by atoms with van der Waals surface area (Å²) in [7, 11) is 0. The largest absolute Gasteiger partial charge is 0.507 e. The van der Waals surface area contributed by atoms with Crippen molar-refractivity contribution in [2.45, 2.75) is 77.7 Å². The zero-order chi connectivity index (χ0) is 15.8. The van der Waals surface area contributed by atoms with Crippen LogP contribution in [0.4, 0.5) is 0 Å². The Hall–Kier alpha value is -1.02. The third-order valence-corrected chi connectivity index (χ3v) is 4.50. The van der Waals surface area contributed by atoms with Crippen LogP contribution in [0.3, 0.4) is 0 Å². The smallest absolute Gasteiger partial charge is 0.124 e. The van der Waals surface area contributed by atoms with E-state index in [1.54, 1.807) is 0 Å². The van der Waals surface area contributed by atoms with Gasteiger partial charge in [0.05, 0.1) is 0 Å². The van der Waals surface area contributed by atoms with E-state index in [-0.39, 0.29) is 10.8 Å². The summed E-state index contributed by atoms with van der Waals surface area (Å²) in [4.78, 5) is 0. The zero-order valence-electron chi connectivity index (χ0n) is 14.5. The fourth-order valence-corrected chi connectivity index (χ4v) is 3.04. The molecule has 1 aromatic rings. The molecule has 0 radical (unpaired) electrons. The fourth-order valence-electron chi connectivity index (χ4n) is 3.04. The van der Waals surface area contributed by atoms with Gasteiger partial charge in [-0.1, -0.05) is 54.0 Å². The lowest BCUT2D eigenvalue weighted by atomic mass is 9.77. The minimum Gasteiger partial charge on any atom is -0.507 e. The predicted octanol–water partition coefficient (Wildman–Crippen LogP) is 4.80. The van der Waals surface area contributed by atoms with Crippen molar-refractivity contribution in [3.8, 4) is 5.75 Å². The van der Waals surface area contributed by atoms with Crippen LogP contribution in [0, 0.1) is 0 Å². The van der Waals surface area contributed by atoms with Crippen molar-refractivity contribution in [2.75, 3.05) is 6.54 Å². The van der Waals surface area contributed by atoms with Gasteiger partial charge in [0.2, 0.25) is 0 Å². The number of aromatic hydroxyl groups is 1. The van der Waals surface area contributed by atoms with Crippen LogP contribution in [-0.4, -0.2) is 11.7 Å². The molecule has 1 aromatic carbocycles. The van der Waals surface area contributed by atoms with Crippen LogP contribution in [0.2, 0.25) is 0 Å². The van der Waals surface area contributed by atoms with E-state index in [0.717, 1.165) is 24.1 Å². The molecule has 2 rings (SSSR count). The molecule has 1 saturated heterocycles. The van der Waals surface area contributed by atoms with Crippen LogP contribution >= 0.6 is 0 Å². The first-order valence-electron chi connectivity index (χ1n) is 8.22. The molecule has 0 amide bonds. The Kier molecular flexibility index (Phi) is 4.39. The van der Waals surface area contributed by atoms with E-state index >= 15 is 0 Å². The van der Waals surface area contributed by atoms with Crippen molar-refractivity contribution >= 4 is 0 Å².